The Balaban J connectivity index is 1.64. The summed E-state index contributed by atoms with van der Waals surface area (Å²) < 4.78 is 25.3. The lowest BCUT2D eigenvalue weighted by molar-refractivity contribution is -0.158. The number of Topliss-reactive ketones (excluding diaryl/α,β-unsaturated/α-hetero) is 1. The predicted octanol–water partition coefficient (Wildman–Crippen LogP) is 3.97. The number of likely N-dealkylation sites (tertiary alicyclic amines) is 1. The summed E-state index contributed by atoms with van der Waals surface area (Å²) in [5.41, 5.74) is 0.00328. The summed E-state index contributed by atoms with van der Waals surface area (Å²) in [5, 5.41) is 0. The molecule has 1 saturated heterocycles. The molecule has 0 unspecified atom stereocenters. The SMILES string of the molecule is CCOC(=O)[C@@]1(Cc2ccccc2F)CCCN(C(=O)c2coc3c2C(=O)CCC3)C1. The first-order valence-electron chi connectivity index (χ1n) is 10.8. The van der Waals surface area contributed by atoms with Crippen molar-refractivity contribution in [2.45, 2.75) is 45.4 Å². The van der Waals surface area contributed by atoms with Crippen LogP contribution in [-0.2, 0) is 22.4 Å². The zero-order valence-corrected chi connectivity index (χ0v) is 17.6. The number of rotatable bonds is 5. The number of carbonyl (C=O) groups excluding carboxylic acids is 3. The Morgan fingerprint density at radius 1 is 1.23 bits per heavy atom. The number of piperidine rings is 1. The highest BCUT2D eigenvalue weighted by Crippen LogP contribution is 2.37. The highest BCUT2D eigenvalue weighted by Gasteiger charge is 2.46. The molecule has 2 aliphatic rings. The maximum Gasteiger partial charge on any atom is 0.314 e. The lowest BCUT2D eigenvalue weighted by atomic mass is 9.74. The van der Waals surface area contributed by atoms with Crippen molar-refractivity contribution in [1.29, 1.82) is 0 Å². The topological polar surface area (TPSA) is 76.8 Å². The lowest BCUT2D eigenvalue weighted by Gasteiger charge is -2.41. The number of benzene rings is 1. The smallest absolute Gasteiger partial charge is 0.314 e. The molecule has 4 rings (SSSR count). The Morgan fingerprint density at radius 3 is 2.81 bits per heavy atom. The lowest BCUT2D eigenvalue weighted by Crippen LogP contribution is -2.51. The van der Waals surface area contributed by atoms with Crippen LogP contribution >= 0.6 is 0 Å². The number of aryl methyl sites for hydroxylation is 1. The van der Waals surface area contributed by atoms with Gasteiger partial charge in [0.15, 0.2) is 5.78 Å². The zero-order valence-electron chi connectivity index (χ0n) is 17.6. The van der Waals surface area contributed by atoms with E-state index < -0.39 is 11.4 Å². The second-order valence-corrected chi connectivity index (χ2v) is 8.32. The fourth-order valence-electron chi connectivity index (χ4n) is 4.73. The second kappa shape index (κ2) is 8.65. The van der Waals surface area contributed by atoms with E-state index in [9.17, 15) is 18.8 Å². The quantitative estimate of drug-likeness (QED) is 0.675. The summed E-state index contributed by atoms with van der Waals surface area (Å²) in [6.45, 7) is 2.48. The number of carbonyl (C=O) groups is 3. The normalized spacial score (nSPS) is 21.0. The number of halogens is 1. The van der Waals surface area contributed by atoms with Crippen LogP contribution in [0.1, 0.15) is 64.6 Å². The summed E-state index contributed by atoms with van der Waals surface area (Å²) in [7, 11) is 0. The second-order valence-electron chi connectivity index (χ2n) is 8.32. The van der Waals surface area contributed by atoms with Crippen LogP contribution in [0.15, 0.2) is 34.9 Å². The standard InChI is InChI=1S/C24H26FNO5/c1-2-30-23(29)24(13-16-7-3-4-8-18(16)25)11-6-12-26(15-24)22(28)17-14-31-20-10-5-9-19(27)21(17)20/h3-4,7-8,14H,2,5-6,9-13,15H2,1H3/t24-/m1/s1. The van der Waals surface area contributed by atoms with Gasteiger partial charge in [0.1, 0.15) is 17.8 Å². The molecule has 1 aromatic heterocycles. The minimum atomic E-state index is -1.04. The van der Waals surface area contributed by atoms with Crippen molar-refractivity contribution >= 4 is 17.7 Å². The number of fused-ring (bicyclic) bond motifs is 1. The van der Waals surface area contributed by atoms with Crippen LogP contribution in [0.2, 0.25) is 0 Å². The summed E-state index contributed by atoms with van der Waals surface area (Å²) >= 11 is 0. The molecule has 0 spiro atoms. The third kappa shape index (κ3) is 4.01. The molecule has 7 heteroatoms. The van der Waals surface area contributed by atoms with Gasteiger partial charge in [-0.15, -0.1) is 0 Å². The molecular formula is C24H26FNO5. The van der Waals surface area contributed by atoms with Crippen LogP contribution in [0.4, 0.5) is 4.39 Å². The Labute approximate surface area is 180 Å². The Bertz CT molecular complexity index is 1010. The number of furan rings is 1. The van der Waals surface area contributed by atoms with Crippen molar-refractivity contribution in [3.8, 4) is 0 Å². The molecule has 2 heterocycles. The van der Waals surface area contributed by atoms with E-state index in [4.69, 9.17) is 9.15 Å². The van der Waals surface area contributed by atoms with E-state index >= 15 is 0 Å². The number of ether oxygens (including phenoxy) is 1. The molecule has 0 bridgehead atoms. The van der Waals surface area contributed by atoms with Gasteiger partial charge in [-0.25, -0.2) is 4.39 Å². The van der Waals surface area contributed by atoms with Crippen molar-refractivity contribution in [3.05, 3.63) is 58.8 Å². The van der Waals surface area contributed by atoms with Crippen LogP contribution < -0.4 is 0 Å². The molecule has 1 atom stereocenters. The summed E-state index contributed by atoms with van der Waals surface area (Å²) in [4.78, 5) is 40.4. The highest BCUT2D eigenvalue weighted by atomic mass is 19.1. The molecule has 1 fully saturated rings. The first-order valence-corrected chi connectivity index (χ1v) is 10.8. The molecule has 1 aliphatic heterocycles. The summed E-state index contributed by atoms with van der Waals surface area (Å²) in [5.74, 6) is -0.676. The van der Waals surface area contributed by atoms with Gasteiger partial charge < -0.3 is 14.1 Å². The largest absolute Gasteiger partial charge is 0.468 e. The number of nitrogens with zero attached hydrogens (tertiary/aromatic N) is 1. The third-order valence-electron chi connectivity index (χ3n) is 6.24. The summed E-state index contributed by atoms with van der Waals surface area (Å²) in [6, 6.07) is 6.35. The average molecular weight is 427 g/mol. The molecule has 1 aromatic carbocycles. The molecule has 2 aromatic rings. The third-order valence-corrected chi connectivity index (χ3v) is 6.24. The van der Waals surface area contributed by atoms with Crippen LogP contribution in [0, 0.1) is 11.2 Å². The van der Waals surface area contributed by atoms with Crippen molar-refractivity contribution in [1.82, 2.24) is 4.90 Å². The van der Waals surface area contributed by atoms with Gasteiger partial charge in [0.2, 0.25) is 0 Å². The monoisotopic (exact) mass is 427 g/mol. The molecular weight excluding hydrogens is 401 g/mol. The molecule has 164 valence electrons. The fourth-order valence-corrected chi connectivity index (χ4v) is 4.73. The van der Waals surface area contributed by atoms with Crippen LogP contribution in [-0.4, -0.2) is 42.3 Å². The average Bonchev–Trinajstić information content (AvgIpc) is 3.21. The van der Waals surface area contributed by atoms with E-state index in [1.165, 1.54) is 12.3 Å². The Hall–Kier alpha value is -2.96. The van der Waals surface area contributed by atoms with Crippen LogP contribution in [0.25, 0.3) is 0 Å². The fraction of sp³-hybridized carbons (Fsp3) is 0.458. The van der Waals surface area contributed by atoms with Crippen LogP contribution in [0.3, 0.4) is 0 Å². The maximum absolute atomic E-state index is 14.4. The number of hydrogen-bond acceptors (Lipinski definition) is 5. The van der Waals surface area contributed by atoms with Gasteiger partial charge in [-0.1, -0.05) is 18.2 Å². The van der Waals surface area contributed by atoms with E-state index in [-0.39, 0.29) is 42.6 Å². The molecule has 0 N–H and O–H groups in total. The molecule has 31 heavy (non-hydrogen) atoms. The van der Waals surface area contributed by atoms with Crippen molar-refractivity contribution in [3.63, 3.8) is 0 Å². The molecule has 1 amide bonds. The van der Waals surface area contributed by atoms with E-state index in [1.54, 1.807) is 30.0 Å². The van der Waals surface area contributed by atoms with Gasteiger partial charge in [-0.3, -0.25) is 14.4 Å². The van der Waals surface area contributed by atoms with E-state index in [0.29, 0.717) is 55.5 Å². The van der Waals surface area contributed by atoms with E-state index in [1.807, 2.05) is 0 Å². The molecule has 0 saturated carbocycles. The first kappa shape index (κ1) is 21.3. The predicted molar refractivity (Wildman–Crippen MR) is 110 cm³/mol. The van der Waals surface area contributed by atoms with Gasteiger partial charge in [0, 0.05) is 25.9 Å². The summed E-state index contributed by atoms with van der Waals surface area (Å²) in [6.07, 6.45) is 4.31. The molecule has 0 radical (unpaired) electrons. The molecule has 6 nitrogen and oxygen atoms in total. The Kier molecular flexibility index (Phi) is 5.94. The minimum Gasteiger partial charge on any atom is -0.468 e. The highest BCUT2D eigenvalue weighted by molar-refractivity contribution is 6.09. The van der Waals surface area contributed by atoms with Crippen molar-refractivity contribution < 1.29 is 27.9 Å². The first-order chi connectivity index (χ1) is 14.9. The number of esters is 1. The Morgan fingerprint density at radius 2 is 2.03 bits per heavy atom. The van der Waals surface area contributed by atoms with E-state index in [2.05, 4.69) is 0 Å². The number of hydrogen-bond donors (Lipinski definition) is 0. The molecule has 1 aliphatic carbocycles. The van der Waals surface area contributed by atoms with Crippen LogP contribution in [0.5, 0.6) is 0 Å². The number of ketones is 1. The van der Waals surface area contributed by atoms with Gasteiger partial charge in [0.05, 0.1) is 23.1 Å². The van der Waals surface area contributed by atoms with Gasteiger partial charge in [0.25, 0.3) is 5.91 Å². The van der Waals surface area contributed by atoms with Gasteiger partial charge in [-0.05, 0) is 44.2 Å². The van der Waals surface area contributed by atoms with Gasteiger partial charge >= 0.3 is 5.97 Å². The maximum atomic E-state index is 14.4. The zero-order chi connectivity index (χ0) is 22.0. The van der Waals surface area contributed by atoms with Gasteiger partial charge in [-0.2, -0.15) is 0 Å². The minimum absolute atomic E-state index is 0.0848. The van der Waals surface area contributed by atoms with Crippen molar-refractivity contribution in [2.75, 3.05) is 19.7 Å². The number of amides is 1. The van der Waals surface area contributed by atoms with Crippen molar-refractivity contribution in [2.24, 2.45) is 5.41 Å². The van der Waals surface area contributed by atoms with E-state index in [0.717, 1.165) is 0 Å².